The monoisotopic (exact) mass is 398 g/mol. The van der Waals surface area contributed by atoms with Gasteiger partial charge in [0.25, 0.3) is 5.91 Å². The second kappa shape index (κ2) is 9.50. The van der Waals surface area contributed by atoms with E-state index in [1.807, 2.05) is 36.0 Å². The number of thioether (sulfide) groups is 1. The Hall–Kier alpha value is -2.67. The smallest absolute Gasteiger partial charge is 0.287 e. The van der Waals surface area contributed by atoms with Crippen molar-refractivity contribution < 1.29 is 9.21 Å². The molecule has 0 unspecified atom stereocenters. The molecule has 0 atom stereocenters. The topological polar surface area (TPSA) is 63.3 Å². The SMILES string of the molecule is CCN(CCNC(=O)c1ccc(CSc2nccn2C)o1)c1ccccc1C. The molecule has 0 fully saturated rings. The fraction of sp³-hybridized carbons (Fsp3) is 0.333. The largest absolute Gasteiger partial charge is 0.455 e. The maximum Gasteiger partial charge on any atom is 0.287 e. The summed E-state index contributed by atoms with van der Waals surface area (Å²) in [6.45, 7) is 6.40. The van der Waals surface area contributed by atoms with E-state index in [0.717, 1.165) is 24.0 Å². The van der Waals surface area contributed by atoms with Gasteiger partial charge in [0, 0.05) is 44.8 Å². The van der Waals surface area contributed by atoms with E-state index in [9.17, 15) is 4.79 Å². The zero-order valence-electron chi connectivity index (χ0n) is 16.5. The minimum atomic E-state index is -0.186. The lowest BCUT2D eigenvalue weighted by Gasteiger charge is -2.24. The number of aryl methyl sites for hydroxylation is 2. The lowest BCUT2D eigenvalue weighted by atomic mass is 10.2. The molecule has 7 heteroatoms. The Morgan fingerprint density at radius 3 is 2.82 bits per heavy atom. The molecule has 3 aromatic rings. The van der Waals surface area contributed by atoms with Crippen LogP contribution in [0.3, 0.4) is 0 Å². The summed E-state index contributed by atoms with van der Waals surface area (Å²) in [4.78, 5) is 18.9. The van der Waals surface area contributed by atoms with Crippen molar-refractivity contribution in [3.63, 3.8) is 0 Å². The van der Waals surface area contributed by atoms with Gasteiger partial charge in [0.05, 0.1) is 5.75 Å². The predicted octanol–water partition coefficient (Wildman–Crippen LogP) is 3.87. The molecule has 0 saturated carbocycles. The Labute approximate surface area is 169 Å². The van der Waals surface area contributed by atoms with Crippen LogP contribution in [0.2, 0.25) is 0 Å². The number of aromatic nitrogens is 2. The number of benzene rings is 1. The molecule has 2 aromatic heterocycles. The number of carbonyl (C=O) groups excluding carboxylic acids is 1. The lowest BCUT2D eigenvalue weighted by Crippen LogP contribution is -2.35. The van der Waals surface area contributed by atoms with Crippen molar-refractivity contribution in [1.82, 2.24) is 14.9 Å². The molecule has 148 valence electrons. The highest BCUT2D eigenvalue weighted by molar-refractivity contribution is 7.98. The number of likely N-dealkylation sites (N-methyl/N-ethyl adjacent to an activating group) is 1. The summed E-state index contributed by atoms with van der Waals surface area (Å²) in [6, 6.07) is 11.9. The van der Waals surface area contributed by atoms with Gasteiger partial charge >= 0.3 is 0 Å². The Balaban J connectivity index is 1.49. The Morgan fingerprint density at radius 1 is 1.29 bits per heavy atom. The summed E-state index contributed by atoms with van der Waals surface area (Å²) >= 11 is 1.58. The highest BCUT2D eigenvalue weighted by atomic mass is 32.2. The molecule has 28 heavy (non-hydrogen) atoms. The molecule has 0 aliphatic carbocycles. The number of hydrogen-bond donors (Lipinski definition) is 1. The number of carbonyl (C=O) groups is 1. The minimum Gasteiger partial charge on any atom is -0.455 e. The molecule has 0 aliphatic rings. The third-order valence-electron chi connectivity index (χ3n) is 4.51. The van der Waals surface area contributed by atoms with Crippen molar-refractivity contribution in [3.8, 4) is 0 Å². The molecule has 0 aliphatic heterocycles. The maximum atomic E-state index is 12.4. The Morgan fingerprint density at radius 2 is 2.11 bits per heavy atom. The third-order valence-corrected chi connectivity index (χ3v) is 5.59. The van der Waals surface area contributed by atoms with E-state index in [-0.39, 0.29) is 5.91 Å². The van der Waals surface area contributed by atoms with Gasteiger partial charge < -0.3 is 19.2 Å². The van der Waals surface area contributed by atoms with Gasteiger partial charge in [0.1, 0.15) is 5.76 Å². The van der Waals surface area contributed by atoms with Crippen molar-refractivity contribution in [2.24, 2.45) is 7.05 Å². The number of hydrogen-bond acceptors (Lipinski definition) is 5. The van der Waals surface area contributed by atoms with E-state index in [4.69, 9.17) is 4.42 Å². The van der Waals surface area contributed by atoms with E-state index >= 15 is 0 Å². The first-order valence-electron chi connectivity index (χ1n) is 9.36. The number of amides is 1. The van der Waals surface area contributed by atoms with Crippen molar-refractivity contribution >= 4 is 23.4 Å². The van der Waals surface area contributed by atoms with Crippen LogP contribution in [0.4, 0.5) is 5.69 Å². The summed E-state index contributed by atoms with van der Waals surface area (Å²) in [5.74, 6) is 1.55. The zero-order valence-corrected chi connectivity index (χ0v) is 17.3. The highest BCUT2D eigenvalue weighted by Gasteiger charge is 2.13. The van der Waals surface area contributed by atoms with Gasteiger partial charge in [-0.2, -0.15) is 0 Å². The zero-order chi connectivity index (χ0) is 19.9. The van der Waals surface area contributed by atoms with Crippen LogP contribution in [0.25, 0.3) is 0 Å². The first-order chi connectivity index (χ1) is 13.6. The second-order valence-electron chi connectivity index (χ2n) is 6.50. The van der Waals surface area contributed by atoms with E-state index in [2.05, 4.69) is 41.2 Å². The predicted molar refractivity (Wildman–Crippen MR) is 113 cm³/mol. The quantitative estimate of drug-likeness (QED) is 0.555. The van der Waals surface area contributed by atoms with Crippen LogP contribution in [0.5, 0.6) is 0 Å². The molecular weight excluding hydrogens is 372 g/mol. The molecule has 3 rings (SSSR count). The van der Waals surface area contributed by atoms with Gasteiger partial charge in [-0.3, -0.25) is 4.79 Å². The molecule has 0 bridgehead atoms. The van der Waals surface area contributed by atoms with Crippen LogP contribution in [0.15, 0.2) is 58.4 Å². The fourth-order valence-corrected chi connectivity index (χ4v) is 3.79. The number of rotatable bonds is 9. The standard InChI is InChI=1S/C21H26N4O2S/c1-4-25(18-8-6-5-7-16(18)2)14-12-22-20(26)19-10-9-17(27-19)15-28-21-23-11-13-24(21)3/h5-11,13H,4,12,14-15H2,1-3H3,(H,22,26). The van der Waals surface area contributed by atoms with Crippen molar-refractivity contribution in [1.29, 1.82) is 0 Å². The summed E-state index contributed by atoms with van der Waals surface area (Å²) in [7, 11) is 1.95. The molecule has 1 aromatic carbocycles. The van der Waals surface area contributed by atoms with E-state index in [0.29, 0.717) is 18.1 Å². The number of para-hydroxylation sites is 1. The summed E-state index contributed by atoms with van der Waals surface area (Å²) < 4.78 is 7.64. The number of nitrogens with one attached hydrogen (secondary N) is 1. The van der Waals surface area contributed by atoms with Crippen molar-refractivity contribution in [3.05, 3.63) is 65.9 Å². The Bertz CT molecular complexity index is 919. The van der Waals surface area contributed by atoms with Gasteiger partial charge in [-0.25, -0.2) is 4.98 Å². The third kappa shape index (κ3) is 4.98. The van der Waals surface area contributed by atoms with Crippen LogP contribution in [-0.4, -0.2) is 35.1 Å². The maximum absolute atomic E-state index is 12.4. The van der Waals surface area contributed by atoms with Crippen LogP contribution in [0.1, 0.15) is 28.8 Å². The first kappa shape index (κ1) is 20.1. The van der Waals surface area contributed by atoms with Crippen molar-refractivity contribution in [2.45, 2.75) is 24.8 Å². The van der Waals surface area contributed by atoms with Crippen molar-refractivity contribution in [2.75, 3.05) is 24.5 Å². The number of anilines is 1. The van der Waals surface area contributed by atoms with Gasteiger partial charge in [-0.1, -0.05) is 30.0 Å². The van der Waals surface area contributed by atoms with Crippen LogP contribution < -0.4 is 10.2 Å². The van der Waals surface area contributed by atoms with E-state index < -0.39 is 0 Å². The number of nitrogens with zero attached hydrogens (tertiary/aromatic N) is 3. The fourth-order valence-electron chi connectivity index (χ4n) is 2.96. The van der Waals surface area contributed by atoms with Crippen LogP contribution in [-0.2, 0) is 12.8 Å². The molecule has 6 nitrogen and oxygen atoms in total. The summed E-state index contributed by atoms with van der Waals surface area (Å²) in [5, 5.41) is 3.86. The number of furan rings is 1. The molecular formula is C21H26N4O2S. The average Bonchev–Trinajstić information content (AvgIpc) is 3.33. The molecule has 1 N–H and O–H groups in total. The van der Waals surface area contributed by atoms with Gasteiger partial charge in [-0.15, -0.1) is 0 Å². The molecule has 1 amide bonds. The molecule has 0 radical (unpaired) electrons. The highest BCUT2D eigenvalue weighted by Crippen LogP contribution is 2.22. The van der Waals surface area contributed by atoms with E-state index in [1.54, 1.807) is 24.0 Å². The van der Waals surface area contributed by atoms with Crippen LogP contribution in [0, 0.1) is 6.92 Å². The summed E-state index contributed by atoms with van der Waals surface area (Å²) in [6.07, 6.45) is 3.67. The lowest BCUT2D eigenvalue weighted by molar-refractivity contribution is 0.0925. The molecule has 0 spiro atoms. The van der Waals surface area contributed by atoms with Gasteiger partial charge in [-0.05, 0) is 37.6 Å². The van der Waals surface area contributed by atoms with Gasteiger partial charge in [0.2, 0.25) is 0 Å². The Kier molecular flexibility index (Phi) is 6.81. The van der Waals surface area contributed by atoms with E-state index in [1.165, 1.54) is 11.3 Å². The molecule has 0 saturated heterocycles. The average molecular weight is 399 g/mol. The minimum absolute atomic E-state index is 0.186. The van der Waals surface area contributed by atoms with Gasteiger partial charge in [0.15, 0.2) is 10.9 Å². The number of imidazole rings is 1. The normalized spacial score (nSPS) is 10.8. The summed E-state index contributed by atoms with van der Waals surface area (Å²) in [5.41, 5.74) is 2.43. The first-order valence-corrected chi connectivity index (χ1v) is 10.3. The molecule has 2 heterocycles. The second-order valence-corrected chi connectivity index (χ2v) is 7.44. The van der Waals surface area contributed by atoms with Crippen LogP contribution >= 0.6 is 11.8 Å².